The molecule has 0 aromatic heterocycles. The Hall–Kier alpha value is -0.850. The standard InChI is InChI=1S/C11H16O/c1-3-5-6-10(4-2)11(9-12)7-8-11/h4,6,9H,2-3,5,7-8H2,1H3/b10-6+. The van der Waals surface area contributed by atoms with Crippen molar-refractivity contribution in [1.82, 2.24) is 0 Å². The molecular formula is C11H16O. The van der Waals surface area contributed by atoms with Crippen molar-refractivity contribution in [3.63, 3.8) is 0 Å². The maximum Gasteiger partial charge on any atom is 0.130 e. The number of aldehydes is 1. The minimum atomic E-state index is -0.128. The van der Waals surface area contributed by atoms with E-state index in [0.29, 0.717) is 0 Å². The number of hydrogen-bond acceptors (Lipinski definition) is 1. The lowest BCUT2D eigenvalue weighted by atomic mass is 9.96. The van der Waals surface area contributed by atoms with Crippen molar-refractivity contribution in [1.29, 1.82) is 0 Å². The van der Waals surface area contributed by atoms with Crippen LogP contribution >= 0.6 is 0 Å². The molecule has 1 aliphatic carbocycles. The summed E-state index contributed by atoms with van der Waals surface area (Å²) in [6.45, 7) is 5.88. The van der Waals surface area contributed by atoms with Crippen LogP contribution in [0, 0.1) is 5.41 Å². The third kappa shape index (κ3) is 1.66. The SMILES string of the molecule is C=C/C(=C\CCC)C1(C=O)CC1. The molecule has 0 aromatic rings. The first-order valence-electron chi connectivity index (χ1n) is 4.58. The summed E-state index contributed by atoms with van der Waals surface area (Å²) in [7, 11) is 0. The van der Waals surface area contributed by atoms with Crippen molar-refractivity contribution < 1.29 is 4.79 Å². The molecular weight excluding hydrogens is 148 g/mol. The highest BCUT2D eigenvalue weighted by Gasteiger charge is 2.44. The summed E-state index contributed by atoms with van der Waals surface area (Å²) in [5.74, 6) is 0. The Labute approximate surface area is 74.2 Å². The molecule has 0 atom stereocenters. The number of carbonyl (C=O) groups excluding carboxylic acids is 1. The first-order valence-corrected chi connectivity index (χ1v) is 4.58. The third-order valence-electron chi connectivity index (χ3n) is 2.46. The van der Waals surface area contributed by atoms with Gasteiger partial charge in [0.2, 0.25) is 0 Å². The van der Waals surface area contributed by atoms with Gasteiger partial charge in [0.15, 0.2) is 0 Å². The molecule has 0 aliphatic heterocycles. The molecule has 0 heterocycles. The Morgan fingerprint density at radius 2 is 2.25 bits per heavy atom. The first-order chi connectivity index (χ1) is 5.79. The van der Waals surface area contributed by atoms with Gasteiger partial charge in [0.1, 0.15) is 6.29 Å². The second kappa shape index (κ2) is 3.70. The van der Waals surface area contributed by atoms with Gasteiger partial charge in [-0.1, -0.05) is 32.1 Å². The van der Waals surface area contributed by atoms with E-state index >= 15 is 0 Å². The van der Waals surface area contributed by atoms with Crippen LogP contribution in [0.5, 0.6) is 0 Å². The van der Waals surface area contributed by atoms with E-state index in [2.05, 4.69) is 19.6 Å². The minimum Gasteiger partial charge on any atom is -0.302 e. The molecule has 0 unspecified atom stereocenters. The van der Waals surface area contributed by atoms with E-state index < -0.39 is 0 Å². The normalized spacial score (nSPS) is 20.2. The van der Waals surface area contributed by atoms with E-state index in [4.69, 9.17) is 0 Å². The second-order valence-electron chi connectivity index (χ2n) is 3.43. The van der Waals surface area contributed by atoms with Gasteiger partial charge in [0.05, 0.1) is 5.41 Å². The lowest BCUT2D eigenvalue weighted by Crippen LogP contribution is -2.03. The summed E-state index contributed by atoms with van der Waals surface area (Å²) in [6, 6.07) is 0. The van der Waals surface area contributed by atoms with Crippen LogP contribution in [0.15, 0.2) is 24.3 Å². The molecule has 0 saturated heterocycles. The van der Waals surface area contributed by atoms with Gasteiger partial charge in [-0.05, 0) is 24.8 Å². The largest absolute Gasteiger partial charge is 0.302 e. The fourth-order valence-electron chi connectivity index (χ4n) is 1.40. The number of allylic oxidation sites excluding steroid dienone is 3. The summed E-state index contributed by atoms with van der Waals surface area (Å²) in [5.41, 5.74) is 1.01. The van der Waals surface area contributed by atoms with Gasteiger partial charge in [-0.25, -0.2) is 0 Å². The number of unbranched alkanes of at least 4 members (excludes halogenated alkanes) is 1. The molecule has 1 fully saturated rings. The van der Waals surface area contributed by atoms with Gasteiger partial charge in [-0.15, -0.1) is 0 Å². The second-order valence-corrected chi connectivity index (χ2v) is 3.43. The Morgan fingerprint density at radius 1 is 1.58 bits per heavy atom. The maximum atomic E-state index is 10.8. The average Bonchev–Trinajstić information content (AvgIpc) is 2.87. The topological polar surface area (TPSA) is 17.1 Å². The lowest BCUT2D eigenvalue weighted by Gasteiger charge is -2.07. The molecule has 12 heavy (non-hydrogen) atoms. The van der Waals surface area contributed by atoms with Crippen LogP contribution in [0.1, 0.15) is 32.6 Å². The van der Waals surface area contributed by atoms with Gasteiger partial charge in [0.25, 0.3) is 0 Å². The van der Waals surface area contributed by atoms with E-state index in [1.165, 1.54) is 0 Å². The summed E-state index contributed by atoms with van der Waals surface area (Å²) >= 11 is 0. The van der Waals surface area contributed by atoms with E-state index in [9.17, 15) is 4.79 Å². The molecule has 66 valence electrons. The highest BCUT2D eigenvalue weighted by Crippen LogP contribution is 2.50. The van der Waals surface area contributed by atoms with Crippen molar-refractivity contribution in [3.05, 3.63) is 24.3 Å². The minimum absolute atomic E-state index is 0.128. The van der Waals surface area contributed by atoms with Gasteiger partial charge < -0.3 is 4.79 Å². The van der Waals surface area contributed by atoms with Gasteiger partial charge in [-0.3, -0.25) is 0 Å². The Bertz CT molecular complexity index is 209. The Kier molecular flexibility index (Phi) is 2.85. The van der Waals surface area contributed by atoms with Crippen LogP contribution < -0.4 is 0 Å². The van der Waals surface area contributed by atoms with Crippen LogP contribution in [-0.4, -0.2) is 6.29 Å². The summed E-state index contributed by atoms with van der Waals surface area (Å²) in [6.07, 6.45) is 9.26. The lowest BCUT2D eigenvalue weighted by molar-refractivity contribution is -0.111. The zero-order valence-corrected chi connectivity index (χ0v) is 7.68. The van der Waals surface area contributed by atoms with Crippen LogP contribution in [0.4, 0.5) is 0 Å². The van der Waals surface area contributed by atoms with Crippen LogP contribution in [0.25, 0.3) is 0 Å². The summed E-state index contributed by atoms with van der Waals surface area (Å²) < 4.78 is 0. The highest BCUT2D eigenvalue weighted by molar-refractivity contribution is 5.70. The number of hydrogen-bond donors (Lipinski definition) is 0. The van der Waals surface area contributed by atoms with E-state index in [-0.39, 0.29) is 5.41 Å². The fraction of sp³-hybridized carbons (Fsp3) is 0.545. The molecule has 0 N–H and O–H groups in total. The van der Waals surface area contributed by atoms with Crippen LogP contribution in [0.3, 0.4) is 0 Å². The molecule has 1 saturated carbocycles. The van der Waals surface area contributed by atoms with Crippen LogP contribution in [-0.2, 0) is 4.79 Å². The molecule has 0 bridgehead atoms. The Balaban J connectivity index is 2.67. The van der Waals surface area contributed by atoms with Crippen LogP contribution in [0.2, 0.25) is 0 Å². The molecule has 1 heteroatoms. The smallest absolute Gasteiger partial charge is 0.130 e. The molecule has 0 spiro atoms. The monoisotopic (exact) mass is 164 g/mol. The zero-order valence-electron chi connectivity index (χ0n) is 7.68. The Morgan fingerprint density at radius 3 is 2.58 bits per heavy atom. The zero-order chi connectivity index (χ0) is 9.03. The van der Waals surface area contributed by atoms with Crippen molar-refractivity contribution in [2.45, 2.75) is 32.6 Å². The van der Waals surface area contributed by atoms with E-state index in [1.54, 1.807) is 0 Å². The maximum absolute atomic E-state index is 10.8. The molecule has 1 rings (SSSR count). The summed E-state index contributed by atoms with van der Waals surface area (Å²) in [5, 5.41) is 0. The van der Waals surface area contributed by atoms with Crippen molar-refractivity contribution in [2.75, 3.05) is 0 Å². The highest BCUT2D eigenvalue weighted by atomic mass is 16.1. The third-order valence-corrected chi connectivity index (χ3v) is 2.46. The number of carbonyl (C=O) groups is 1. The average molecular weight is 164 g/mol. The summed E-state index contributed by atoms with van der Waals surface area (Å²) in [4.78, 5) is 10.8. The molecule has 0 radical (unpaired) electrons. The van der Waals surface area contributed by atoms with Gasteiger partial charge in [0, 0.05) is 0 Å². The van der Waals surface area contributed by atoms with Gasteiger partial charge >= 0.3 is 0 Å². The van der Waals surface area contributed by atoms with E-state index in [0.717, 1.165) is 37.5 Å². The molecule has 1 aliphatic rings. The predicted octanol–water partition coefficient (Wildman–Crippen LogP) is 2.88. The molecule has 1 nitrogen and oxygen atoms in total. The molecule has 0 amide bonds. The fourth-order valence-corrected chi connectivity index (χ4v) is 1.40. The van der Waals surface area contributed by atoms with E-state index in [1.807, 2.05) is 6.08 Å². The van der Waals surface area contributed by atoms with Crippen molar-refractivity contribution in [3.8, 4) is 0 Å². The quantitative estimate of drug-likeness (QED) is 0.451. The van der Waals surface area contributed by atoms with Gasteiger partial charge in [-0.2, -0.15) is 0 Å². The number of rotatable bonds is 5. The first kappa shape index (κ1) is 9.24. The predicted molar refractivity (Wildman–Crippen MR) is 50.9 cm³/mol. The van der Waals surface area contributed by atoms with Crippen molar-refractivity contribution >= 4 is 6.29 Å². The molecule has 0 aromatic carbocycles. The van der Waals surface area contributed by atoms with Crippen molar-refractivity contribution in [2.24, 2.45) is 5.41 Å².